The molecule has 0 aliphatic carbocycles. The van der Waals surface area contributed by atoms with Crippen molar-refractivity contribution in [3.63, 3.8) is 0 Å². The minimum atomic E-state index is -0.543. The number of hydrogen-bond acceptors (Lipinski definition) is 8. The average Bonchev–Trinajstić information content (AvgIpc) is 2.78. The molecular formula is C22H24N4O6S. The number of nitro benzene ring substituents is 1. The van der Waals surface area contributed by atoms with Crippen LogP contribution in [0.3, 0.4) is 0 Å². The number of ether oxygens (including phenoxy) is 2. The molecule has 0 aliphatic rings. The zero-order valence-corrected chi connectivity index (χ0v) is 19.5. The molecule has 3 rings (SSSR count). The zero-order valence-electron chi connectivity index (χ0n) is 18.7. The molecule has 0 saturated carbocycles. The summed E-state index contributed by atoms with van der Waals surface area (Å²) in [7, 11) is 2.88. The summed E-state index contributed by atoms with van der Waals surface area (Å²) >= 11 is 1.13. The van der Waals surface area contributed by atoms with Crippen LogP contribution in [-0.4, -0.2) is 47.0 Å². The van der Waals surface area contributed by atoms with Gasteiger partial charge in [0.2, 0.25) is 5.91 Å². The van der Waals surface area contributed by atoms with Gasteiger partial charge in [0.15, 0.2) is 10.9 Å². The van der Waals surface area contributed by atoms with E-state index >= 15 is 0 Å². The number of carbonyl (C=O) groups excluding carboxylic acids is 1. The van der Waals surface area contributed by atoms with E-state index in [0.29, 0.717) is 33.9 Å². The number of aryl methyl sites for hydroxylation is 1. The van der Waals surface area contributed by atoms with E-state index in [9.17, 15) is 19.7 Å². The van der Waals surface area contributed by atoms with Crippen LogP contribution in [0.1, 0.15) is 18.5 Å². The summed E-state index contributed by atoms with van der Waals surface area (Å²) in [6.07, 6.45) is 0. The maximum absolute atomic E-state index is 13.1. The molecule has 1 amide bonds. The van der Waals surface area contributed by atoms with Gasteiger partial charge >= 0.3 is 5.69 Å². The Morgan fingerprint density at radius 1 is 1.30 bits per heavy atom. The number of amides is 1. The summed E-state index contributed by atoms with van der Waals surface area (Å²) in [4.78, 5) is 41.0. The first-order chi connectivity index (χ1) is 15.8. The van der Waals surface area contributed by atoms with Gasteiger partial charge < -0.3 is 14.8 Å². The molecule has 0 saturated heterocycles. The van der Waals surface area contributed by atoms with Gasteiger partial charge in [0.25, 0.3) is 5.56 Å². The number of anilines is 1. The van der Waals surface area contributed by atoms with Gasteiger partial charge in [-0.15, -0.1) is 0 Å². The maximum Gasteiger partial charge on any atom is 0.311 e. The Labute approximate surface area is 194 Å². The molecule has 1 aromatic heterocycles. The predicted octanol–water partition coefficient (Wildman–Crippen LogP) is 3.56. The number of fused-ring (bicyclic) bond motifs is 1. The number of rotatable bonds is 9. The molecule has 10 nitrogen and oxygen atoms in total. The largest absolute Gasteiger partial charge is 0.490 e. The molecule has 1 atom stereocenters. The highest BCUT2D eigenvalue weighted by atomic mass is 32.2. The molecule has 33 heavy (non-hydrogen) atoms. The van der Waals surface area contributed by atoms with Gasteiger partial charge in [-0.3, -0.25) is 24.3 Å². The van der Waals surface area contributed by atoms with Crippen LogP contribution in [0.4, 0.5) is 11.4 Å². The molecule has 0 fully saturated rings. The minimum Gasteiger partial charge on any atom is -0.490 e. The Kier molecular flexibility index (Phi) is 7.67. The number of thioether (sulfide) groups is 1. The summed E-state index contributed by atoms with van der Waals surface area (Å²) < 4.78 is 11.8. The fourth-order valence-electron chi connectivity index (χ4n) is 3.36. The van der Waals surface area contributed by atoms with Crippen molar-refractivity contribution >= 4 is 39.9 Å². The van der Waals surface area contributed by atoms with Crippen LogP contribution in [-0.2, 0) is 9.53 Å². The summed E-state index contributed by atoms with van der Waals surface area (Å²) in [5.74, 6) is -0.331. The maximum atomic E-state index is 13.1. The normalized spacial score (nSPS) is 11.9. The van der Waals surface area contributed by atoms with Gasteiger partial charge in [0.05, 0.1) is 41.3 Å². The fourth-order valence-corrected chi connectivity index (χ4v) is 4.26. The van der Waals surface area contributed by atoms with E-state index in [4.69, 9.17) is 9.47 Å². The van der Waals surface area contributed by atoms with E-state index in [2.05, 4.69) is 10.3 Å². The number of methoxy groups -OCH3 is 2. The Hall–Kier alpha value is -3.44. The molecule has 0 aliphatic heterocycles. The predicted molar refractivity (Wildman–Crippen MR) is 126 cm³/mol. The highest BCUT2D eigenvalue weighted by Crippen LogP contribution is 2.33. The summed E-state index contributed by atoms with van der Waals surface area (Å²) in [6, 6.07) is 9.51. The summed E-state index contributed by atoms with van der Waals surface area (Å²) in [6.45, 7) is 3.81. The second-order valence-electron chi connectivity index (χ2n) is 7.32. The van der Waals surface area contributed by atoms with Crippen LogP contribution < -0.4 is 15.6 Å². The number of nitrogens with one attached hydrogen (secondary N) is 1. The average molecular weight is 473 g/mol. The molecule has 174 valence electrons. The Morgan fingerprint density at radius 3 is 2.70 bits per heavy atom. The van der Waals surface area contributed by atoms with Crippen molar-refractivity contribution in [3.8, 4) is 5.75 Å². The molecule has 3 aromatic rings. The zero-order chi connectivity index (χ0) is 24.1. The molecule has 1 heterocycles. The molecule has 0 radical (unpaired) electrons. The summed E-state index contributed by atoms with van der Waals surface area (Å²) in [5, 5.41) is 14.8. The minimum absolute atomic E-state index is 0.0246. The molecule has 11 heteroatoms. The van der Waals surface area contributed by atoms with E-state index in [-0.39, 0.29) is 34.7 Å². The van der Waals surface area contributed by atoms with Crippen molar-refractivity contribution in [1.29, 1.82) is 0 Å². The molecule has 1 N–H and O–H groups in total. The Bertz CT molecular complexity index is 1260. The first-order valence-electron chi connectivity index (χ1n) is 10.0. The van der Waals surface area contributed by atoms with Crippen LogP contribution in [0, 0.1) is 17.0 Å². The number of para-hydroxylation sites is 1. The number of nitrogens with zero attached hydrogens (tertiary/aromatic N) is 3. The van der Waals surface area contributed by atoms with Gasteiger partial charge in [-0.2, -0.15) is 0 Å². The van der Waals surface area contributed by atoms with Gasteiger partial charge in [-0.1, -0.05) is 23.9 Å². The third-order valence-electron chi connectivity index (χ3n) is 4.95. The topological polar surface area (TPSA) is 126 Å². The monoisotopic (exact) mass is 472 g/mol. The Balaban J connectivity index is 1.86. The van der Waals surface area contributed by atoms with Crippen molar-refractivity contribution in [2.45, 2.75) is 25.0 Å². The lowest BCUT2D eigenvalue weighted by atomic mass is 10.1. The van der Waals surface area contributed by atoms with E-state index in [1.54, 1.807) is 38.3 Å². The van der Waals surface area contributed by atoms with Crippen molar-refractivity contribution in [1.82, 2.24) is 9.55 Å². The number of nitro groups is 1. The highest BCUT2D eigenvalue weighted by Gasteiger charge is 2.20. The molecule has 0 bridgehead atoms. The van der Waals surface area contributed by atoms with Crippen LogP contribution in [0.25, 0.3) is 10.9 Å². The third kappa shape index (κ3) is 5.32. The van der Waals surface area contributed by atoms with Crippen molar-refractivity contribution in [3.05, 3.63) is 62.4 Å². The SMILES string of the molecule is COC[C@@H](C)n1c(SCC(=O)Nc2cc(OC)c([N+](=O)[O-])cc2C)nc2ccccc2c1=O. The van der Waals surface area contributed by atoms with Crippen molar-refractivity contribution in [2.75, 3.05) is 31.9 Å². The number of carbonyl (C=O) groups is 1. The van der Waals surface area contributed by atoms with E-state index < -0.39 is 4.92 Å². The van der Waals surface area contributed by atoms with Crippen molar-refractivity contribution < 1.29 is 19.2 Å². The van der Waals surface area contributed by atoms with E-state index in [1.165, 1.54) is 23.8 Å². The standard InChI is InChI=1S/C22H24N4O6S/c1-13-9-18(26(29)30)19(32-4)10-17(13)23-20(27)12-33-22-24-16-8-6-5-7-15(16)21(28)25(22)14(2)11-31-3/h5-10,14H,11-12H2,1-4H3,(H,23,27)/t14-/m1/s1. The van der Waals surface area contributed by atoms with Gasteiger partial charge in [-0.05, 0) is 31.5 Å². The lowest BCUT2D eigenvalue weighted by molar-refractivity contribution is -0.385. The van der Waals surface area contributed by atoms with Gasteiger partial charge in [0.1, 0.15) is 0 Å². The molecule has 2 aromatic carbocycles. The quantitative estimate of drug-likeness (QED) is 0.217. The van der Waals surface area contributed by atoms with Crippen LogP contribution >= 0.6 is 11.8 Å². The molecule has 0 spiro atoms. The van der Waals surface area contributed by atoms with Crippen LogP contribution in [0.5, 0.6) is 5.75 Å². The van der Waals surface area contributed by atoms with E-state index in [1.807, 2.05) is 6.92 Å². The van der Waals surface area contributed by atoms with Gasteiger partial charge in [-0.25, -0.2) is 4.98 Å². The second kappa shape index (κ2) is 10.5. The summed E-state index contributed by atoms with van der Waals surface area (Å²) in [5.41, 5.74) is 1.08. The first kappa shape index (κ1) is 24.2. The molecule has 0 unspecified atom stereocenters. The smallest absolute Gasteiger partial charge is 0.311 e. The lowest BCUT2D eigenvalue weighted by Gasteiger charge is -2.19. The van der Waals surface area contributed by atoms with Gasteiger partial charge in [0, 0.05) is 24.9 Å². The number of aromatic nitrogens is 2. The third-order valence-corrected chi connectivity index (χ3v) is 5.91. The molecular weight excluding hydrogens is 448 g/mol. The number of benzene rings is 2. The van der Waals surface area contributed by atoms with E-state index in [0.717, 1.165) is 11.8 Å². The van der Waals surface area contributed by atoms with Crippen LogP contribution in [0.2, 0.25) is 0 Å². The first-order valence-corrected chi connectivity index (χ1v) is 11.0. The second-order valence-corrected chi connectivity index (χ2v) is 8.27. The Morgan fingerprint density at radius 2 is 2.03 bits per heavy atom. The number of hydrogen-bond donors (Lipinski definition) is 1. The van der Waals surface area contributed by atoms with Crippen molar-refractivity contribution in [2.24, 2.45) is 0 Å². The highest BCUT2D eigenvalue weighted by molar-refractivity contribution is 7.99. The van der Waals surface area contributed by atoms with Crippen LogP contribution in [0.15, 0.2) is 46.3 Å². The fraction of sp³-hybridized carbons (Fsp3) is 0.318. The lowest BCUT2D eigenvalue weighted by Crippen LogP contribution is -2.29.